The standard InChI is InChI=1S/C33H40N2O9S/c1-20-10-25(42-8-5-9-45(3,40)41)11-21(2)29(20)23-7-4-6-22(12-23)16-43-28-14-24-13-26-30(27(24)15-34-28)31(26)32(39)44-35-33(17-36,18-37)19-38/h4,6-7,10-12,14-15,26,30-31,35-38H,5,8-9,13,16-19H2,1-3H3/q+1/p+1/t26-,30-,31+/m1/s1. The van der Waals surface area contributed by atoms with Crippen molar-refractivity contribution in [2.24, 2.45) is 11.8 Å². The molecule has 5 N–H and O–H groups in total. The maximum Gasteiger partial charge on any atom is 0.370 e. The molecule has 1 heterocycles. The van der Waals surface area contributed by atoms with Crippen molar-refractivity contribution in [2.45, 2.75) is 44.8 Å². The van der Waals surface area contributed by atoms with E-state index in [-0.39, 0.29) is 23.5 Å². The van der Waals surface area contributed by atoms with Crippen molar-refractivity contribution in [3.63, 3.8) is 0 Å². The summed E-state index contributed by atoms with van der Waals surface area (Å²) in [6.07, 6.45) is 4.14. The first-order valence-corrected chi connectivity index (χ1v) is 17.0. The van der Waals surface area contributed by atoms with Crippen LogP contribution in [0.4, 0.5) is 0 Å². The number of fused-ring (bicyclic) bond motifs is 3. The van der Waals surface area contributed by atoms with Crippen LogP contribution < -0.4 is 15.0 Å². The Hall–Kier alpha value is -3.39. The summed E-state index contributed by atoms with van der Waals surface area (Å²) in [6, 6.07) is 14.0. The normalized spacial score (nSPS) is 19.8. The highest BCUT2D eigenvalue weighted by Gasteiger charge is 2.61. The molecule has 1 fully saturated rings. The third kappa shape index (κ3) is 7.54. The van der Waals surface area contributed by atoms with Crippen LogP contribution in [0.15, 0.2) is 48.7 Å². The zero-order valence-electron chi connectivity index (χ0n) is 25.7. The van der Waals surface area contributed by atoms with E-state index < -0.39 is 41.5 Å². The van der Waals surface area contributed by atoms with Gasteiger partial charge in [-0.25, -0.2) is 9.78 Å². The Morgan fingerprint density at radius 1 is 1.07 bits per heavy atom. The summed E-state index contributed by atoms with van der Waals surface area (Å²) in [5, 5.41) is 28.3. The van der Waals surface area contributed by atoms with Gasteiger partial charge >= 0.3 is 5.97 Å². The van der Waals surface area contributed by atoms with Gasteiger partial charge in [0.15, 0.2) is 0 Å². The van der Waals surface area contributed by atoms with Crippen LogP contribution >= 0.6 is 0 Å². The Bertz CT molecular complexity index is 1550. The molecule has 2 aromatic carbocycles. The monoisotopic (exact) mass is 641 g/mol. The Morgan fingerprint density at radius 2 is 1.78 bits per heavy atom. The number of pyridine rings is 1. The fourth-order valence-electron chi connectivity index (χ4n) is 6.14. The van der Waals surface area contributed by atoms with E-state index in [9.17, 15) is 28.9 Å². The molecule has 5 rings (SSSR count). The maximum atomic E-state index is 12.7. The van der Waals surface area contributed by atoms with Gasteiger partial charge in [0, 0.05) is 29.2 Å². The highest BCUT2D eigenvalue weighted by molar-refractivity contribution is 7.96. The van der Waals surface area contributed by atoms with Gasteiger partial charge < -0.3 is 24.8 Å². The van der Waals surface area contributed by atoms with Crippen molar-refractivity contribution in [3.8, 4) is 22.8 Å². The lowest BCUT2D eigenvalue weighted by Gasteiger charge is -2.22. The van der Waals surface area contributed by atoms with Gasteiger partial charge in [-0.1, -0.05) is 22.4 Å². The lowest BCUT2D eigenvalue weighted by atomic mass is 9.94. The van der Waals surface area contributed by atoms with Crippen LogP contribution in [-0.4, -0.2) is 70.2 Å². The fourth-order valence-corrected chi connectivity index (χ4v) is 6.78. The Kier molecular flexibility index (Phi) is 9.92. The quantitative estimate of drug-likeness (QED) is 0.110. The molecule has 1 saturated carbocycles. The van der Waals surface area contributed by atoms with E-state index in [0.29, 0.717) is 31.9 Å². The lowest BCUT2D eigenvalue weighted by Crippen LogP contribution is -3.00. The van der Waals surface area contributed by atoms with E-state index in [0.717, 1.165) is 50.2 Å². The summed E-state index contributed by atoms with van der Waals surface area (Å²) < 4.78 is 34.6. The van der Waals surface area contributed by atoms with Gasteiger partial charge in [-0.05, 0) is 83.3 Å². The van der Waals surface area contributed by atoms with Gasteiger partial charge in [-0.2, -0.15) is 0 Å². The summed E-state index contributed by atoms with van der Waals surface area (Å²) in [5.74, 6) is 0.701. The number of hydrogen-bond acceptors (Lipinski definition) is 9. The Labute approximate surface area is 263 Å². The minimum Gasteiger partial charge on any atom is -0.493 e. The zero-order chi connectivity index (χ0) is 32.4. The number of hydroxylamine groups is 1. The number of aromatic nitrogens is 1. The number of quaternary nitrogens is 1. The van der Waals surface area contributed by atoms with Crippen molar-refractivity contribution in [2.75, 3.05) is 38.4 Å². The van der Waals surface area contributed by atoms with Gasteiger partial charge in [0.1, 0.15) is 44.2 Å². The average molecular weight is 642 g/mol. The molecule has 3 aromatic rings. The first-order chi connectivity index (χ1) is 21.5. The Morgan fingerprint density at radius 3 is 2.44 bits per heavy atom. The van der Waals surface area contributed by atoms with Crippen LogP contribution in [0, 0.1) is 25.7 Å². The number of ether oxygens (including phenoxy) is 2. The van der Waals surface area contributed by atoms with Crippen LogP contribution in [0.3, 0.4) is 0 Å². The number of benzene rings is 2. The van der Waals surface area contributed by atoms with E-state index in [1.165, 1.54) is 6.26 Å². The second kappa shape index (κ2) is 13.5. The number of aryl methyl sites for hydroxylation is 2. The van der Waals surface area contributed by atoms with Crippen molar-refractivity contribution >= 4 is 16.2 Å². The highest BCUT2D eigenvalue weighted by atomic mass is 32.3. The van der Waals surface area contributed by atoms with Crippen molar-refractivity contribution in [1.29, 1.82) is 0 Å². The SMILES string of the molecule is Cc1cc(OCCC[S+](C)([O])=O)cc(C)c1-c1cccc(COc2cc3c(cn2)[C@H]2[C@@H](C3)[C@@H]2C(=O)O[NH2+]C(CO)(CO)CO)c1. The van der Waals surface area contributed by atoms with Gasteiger partial charge in [-0.3, -0.25) is 4.84 Å². The predicted octanol–water partition coefficient (Wildman–Crippen LogP) is 1.81. The van der Waals surface area contributed by atoms with Crippen LogP contribution in [0.25, 0.3) is 11.1 Å². The molecule has 2 aliphatic rings. The molecule has 1 aromatic heterocycles. The second-order valence-corrected chi connectivity index (χ2v) is 14.5. The molecule has 11 nitrogen and oxygen atoms in total. The molecular formula is C33H41N2O9S+2. The van der Waals surface area contributed by atoms with Crippen LogP contribution in [0.5, 0.6) is 11.6 Å². The molecule has 12 heteroatoms. The van der Waals surface area contributed by atoms with Crippen LogP contribution in [0.2, 0.25) is 0 Å². The van der Waals surface area contributed by atoms with Gasteiger partial charge in [-0.15, -0.1) is 5.48 Å². The number of carbonyl (C=O) groups is 1. The van der Waals surface area contributed by atoms with Crippen LogP contribution in [-0.2, 0) is 41.6 Å². The van der Waals surface area contributed by atoms with Crippen LogP contribution in [0.1, 0.15) is 40.2 Å². The number of aliphatic hydroxyl groups is 3. The summed E-state index contributed by atoms with van der Waals surface area (Å²) in [5.41, 5.74) is 7.04. The highest BCUT2D eigenvalue weighted by Crippen LogP contribution is 2.61. The second-order valence-electron chi connectivity index (χ2n) is 12.3. The molecule has 1 unspecified atom stereocenters. The minimum atomic E-state index is -3.01. The molecule has 4 atom stereocenters. The number of carbonyl (C=O) groups excluding carboxylic acids is 1. The van der Waals surface area contributed by atoms with E-state index in [2.05, 4.69) is 17.1 Å². The van der Waals surface area contributed by atoms with Gasteiger partial charge in [0.2, 0.25) is 11.4 Å². The molecular weight excluding hydrogens is 600 g/mol. The molecule has 0 bridgehead atoms. The molecule has 0 spiro atoms. The topological polar surface area (TPSA) is 172 Å². The van der Waals surface area contributed by atoms with E-state index in [1.807, 2.05) is 44.2 Å². The number of nitrogens with zero attached hydrogens (tertiary/aromatic N) is 1. The average Bonchev–Trinajstić information content (AvgIpc) is 3.59. The maximum absolute atomic E-state index is 12.7. The molecule has 241 valence electrons. The first kappa shape index (κ1) is 33.0. The van der Waals surface area contributed by atoms with E-state index >= 15 is 0 Å². The van der Waals surface area contributed by atoms with E-state index in [1.54, 1.807) is 6.20 Å². The number of aliphatic hydroxyl groups excluding tert-OH is 3. The van der Waals surface area contributed by atoms with Gasteiger partial charge in [0.25, 0.3) is 10.2 Å². The van der Waals surface area contributed by atoms with Crippen molar-refractivity contribution in [3.05, 3.63) is 76.5 Å². The summed E-state index contributed by atoms with van der Waals surface area (Å²) in [4.78, 5) is 22.4. The van der Waals surface area contributed by atoms with Crippen molar-refractivity contribution in [1.82, 2.24) is 4.98 Å². The lowest BCUT2D eigenvalue weighted by molar-refractivity contribution is -0.924. The number of rotatable bonds is 15. The molecule has 0 aliphatic heterocycles. The molecule has 45 heavy (non-hydrogen) atoms. The third-order valence-electron chi connectivity index (χ3n) is 8.66. The molecule has 1 radical (unpaired) electrons. The first-order valence-electron chi connectivity index (χ1n) is 15.0. The largest absolute Gasteiger partial charge is 0.493 e. The predicted molar refractivity (Wildman–Crippen MR) is 165 cm³/mol. The van der Waals surface area contributed by atoms with Crippen molar-refractivity contribution < 1.29 is 48.7 Å². The van der Waals surface area contributed by atoms with Gasteiger partial charge in [0.05, 0.1) is 12.5 Å². The number of sulfone groups is 1. The summed E-state index contributed by atoms with van der Waals surface area (Å²) in [7, 11) is -3.01. The number of nitrogens with two attached hydrogens (primary N) is 1. The summed E-state index contributed by atoms with van der Waals surface area (Å²) in [6.45, 7) is 3.12. The smallest absolute Gasteiger partial charge is 0.370 e. The molecule has 0 amide bonds. The minimum absolute atomic E-state index is 0.0154. The summed E-state index contributed by atoms with van der Waals surface area (Å²) >= 11 is 0. The fraction of sp³-hybridized carbons (Fsp3) is 0.455. The Balaban J connectivity index is 1.17. The zero-order valence-corrected chi connectivity index (χ0v) is 26.5. The molecule has 0 saturated heterocycles. The van der Waals surface area contributed by atoms with E-state index in [4.69, 9.17) is 14.3 Å². The number of hydrogen-bond donors (Lipinski definition) is 4. The third-order valence-corrected chi connectivity index (χ3v) is 9.69. The molecule has 2 aliphatic carbocycles.